The molecule has 1 aliphatic rings. The molecule has 0 aromatic heterocycles. The molecule has 0 spiro atoms. The number of nitrogens with one attached hydrogen (secondary N) is 2. The van der Waals surface area contributed by atoms with E-state index in [-0.39, 0.29) is 51.4 Å². The predicted octanol–water partition coefficient (Wildman–Crippen LogP) is 2.38. The van der Waals surface area contributed by atoms with Crippen molar-refractivity contribution in [3.8, 4) is 11.1 Å². The van der Waals surface area contributed by atoms with Crippen molar-refractivity contribution in [2.75, 3.05) is 5.32 Å². The summed E-state index contributed by atoms with van der Waals surface area (Å²) < 4.78 is 0. The van der Waals surface area contributed by atoms with Gasteiger partial charge < -0.3 is 11.1 Å². The van der Waals surface area contributed by atoms with Gasteiger partial charge in [-0.2, -0.15) is 0 Å². The van der Waals surface area contributed by atoms with E-state index in [0.717, 1.165) is 17.7 Å². The molecule has 1 aliphatic carbocycles. The average molecular weight is 369 g/mol. The van der Waals surface area contributed by atoms with E-state index >= 15 is 0 Å². The zero-order valence-electron chi connectivity index (χ0n) is 15.3. The van der Waals surface area contributed by atoms with Crippen LogP contribution >= 0.6 is 0 Å². The Morgan fingerprint density at radius 1 is 0.962 bits per heavy atom. The Hall–Kier alpha value is -1.27. The Morgan fingerprint density at radius 2 is 1.65 bits per heavy atom. The third kappa shape index (κ3) is 5.13. The summed E-state index contributed by atoms with van der Waals surface area (Å²) in [4.78, 5) is 10.4. The number of aryl methyl sites for hydroxylation is 1. The molecule has 0 saturated heterocycles. The number of fused-ring (bicyclic) bond motifs is 3. The van der Waals surface area contributed by atoms with Gasteiger partial charge in [0.25, 0.3) is 0 Å². The van der Waals surface area contributed by atoms with Crippen molar-refractivity contribution in [1.82, 2.24) is 0 Å². The van der Waals surface area contributed by atoms with Crippen LogP contribution in [0, 0.1) is 6.92 Å². The molecule has 0 fully saturated rings. The molecule has 4 heteroatoms. The SMILES string of the molecule is Cc1ccc(C[NH-])cc1.O=CNc1ccc2c(c1)Cc1ccccc1-2.[K+]. The molecule has 1 amide bonds. The number of hydrogen-bond acceptors (Lipinski definition) is 1. The van der Waals surface area contributed by atoms with Crippen LogP contribution in [0.2, 0.25) is 0 Å². The maximum atomic E-state index is 10.4. The Balaban J connectivity index is 0.000000210. The second-order valence-electron chi connectivity index (χ2n) is 6.13. The molecule has 2 N–H and O–H groups in total. The van der Waals surface area contributed by atoms with Crippen LogP contribution in [-0.4, -0.2) is 6.41 Å². The molecule has 0 radical (unpaired) electrons. The van der Waals surface area contributed by atoms with Gasteiger partial charge in [0.15, 0.2) is 0 Å². The molecule has 4 rings (SSSR count). The molecule has 3 aromatic carbocycles. The number of anilines is 1. The van der Waals surface area contributed by atoms with E-state index < -0.39 is 0 Å². The van der Waals surface area contributed by atoms with Crippen LogP contribution in [0.3, 0.4) is 0 Å². The molecule has 0 heterocycles. The maximum absolute atomic E-state index is 10.4. The van der Waals surface area contributed by atoms with E-state index in [1.165, 1.54) is 27.8 Å². The zero-order chi connectivity index (χ0) is 17.6. The molecular weight excluding hydrogens is 347 g/mol. The van der Waals surface area contributed by atoms with Crippen LogP contribution in [0.5, 0.6) is 0 Å². The van der Waals surface area contributed by atoms with Crippen LogP contribution in [0.1, 0.15) is 22.3 Å². The summed E-state index contributed by atoms with van der Waals surface area (Å²) in [6, 6.07) is 22.5. The molecule has 3 nitrogen and oxygen atoms in total. The topological polar surface area (TPSA) is 52.9 Å². The summed E-state index contributed by atoms with van der Waals surface area (Å²) in [6.45, 7) is 2.44. The van der Waals surface area contributed by atoms with E-state index in [0.29, 0.717) is 13.0 Å². The summed E-state index contributed by atoms with van der Waals surface area (Å²) in [7, 11) is 0. The Bertz CT molecular complexity index is 876. The molecule has 0 unspecified atom stereocenters. The van der Waals surface area contributed by atoms with Crippen molar-refractivity contribution in [1.29, 1.82) is 0 Å². The first kappa shape index (κ1) is 21.0. The van der Waals surface area contributed by atoms with Gasteiger partial charge in [-0.15, -0.1) is 6.54 Å². The summed E-state index contributed by atoms with van der Waals surface area (Å²) in [5.41, 5.74) is 15.5. The summed E-state index contributed by atoms with van der Waals surface area (Å²) in [6.07, 6.45) is 1.67. The Labute approximate surface area is 197 Å². The minimum Gasteiger partial charge on any atom is -0.674 e. The maximum Gasteiger partial charge on any atom is 1.00 e. The third-order valence-corrected chi connectivity index (χ3v) is 4.34. The van der Waals surface area contributed by atoms with Gasteiger partial charge in [-0.1, -0.05) is 65.7 Å². The smallest absolute Gasteiger partial charge is 0.674 e. The quantitative estimate of drug-likeness (QED) is 0.438. The third-order valence-electron chi connectivity index (χ3n) is 4.34. The average Bonchev–Trinajstić information content (AvgIpc) is 3.01. The van der Waals surface area contributed by atoms with Gasteiger partial charge in [0.1, 0.15) is 0 Å². The first-order valence-electron chi connectivity index (χ1n) is 8.33. The summed E-state index contributed by atoms with van der Waals surface area (Å²) in [5, 5.41) is 2.68. The fourth-order valence-electron chi connectivity index (χ4n) is 3.01. The Morgan fingerprint density at radius 3 is 2.35 bits per heavy atom. The normalized spacial score (nSPS) is 10.5. The van der Waals surface area contributed by atoms with Crippen LogP contribution in [-0.2, 0) is 17.8 Å². The second kappa shape index (κ2) is 10.2. The zero-order valence-corrected chi connectivity index (χ0v) is 18.4. The molecule has 0 atom stereocenters. The molecule has 3 aromatic rings. The molecule has 0 saturated carbocycles. The number of carbonyl (C=O) groups is 1. The van der Waals surface area contributed by atoms with Gasteiger partial charge in [0.2, 0.25) is 6.41 Å². The second-order valence-corrected chi connectivity index (χ2v) is 6.13. The number of rotatable bonds is 3. The summed E-state index contributed by atoms with van der Waals surface area (Å²) >= 11 is 0. The van der Waals surface area contributed by atoms with E-state index in [1.54, 1.807) is 0 Å². The van der Waals surface area contributed by atoms with Crippen molar-refractivity contribution < 1.29 is 56.2 Å². The Kier molecular flexibility index (Phi) is 8.22. The van der Waals surface area contributed by atoms with E-state index in [2.05, 4.69) is 35.6 Å². The summed E-state index contributed by atoms with van der Waals surface area (Å²) in [5.74, 6) is 0. The van der Waals surface area contributed by atoms with E-state index in [1.807, 2.05) is 43.3 Å². The number of benzene rings is 3. The molecule has 126 valence electrons. The fourth-order valence-corrected chi connectivity index (χ4v) is 3.01. The van der Waals surface area contributed by atoms with Crippen molar-refractivity contribution in [3.63, 3.8) is 0 Å². The largest absolute Gasteiger partial charge is 1.00 e. The first-order valence-corrected chi connectivity index (χ1v) is 8.33. The standard InChI is InChI=1S/C14H11NO.C8H10N.K/c16-9-15-12-5-6-14-11(8-12)7-10-3-1-2-4-13(10)14;1-7-2-4-8(6-9)5-3-7;/h1-6,8-9H,7H2,(H,15,16);2-5,9H,6H2,1H3;/q;-1;+1. The van der Waals surface area contributed by atoms with E-state index in [9.17, 15) is 4.79 Å². The van der Waals surface area contributed by atoms with Gasteiger partial charge in [-0.3, -0.25) is 4.79 Å². The molecular formula is C22H21KN2O. The number of carbonyl (C=O) groups excluding carboxylic acids is 1. The van der Waals surface area contributed by atoms with Gasteiger partial charge in [-0.25, -0.2) is 0 Å². The van der Waals surface area contributed by atoms with Gasteiger partial charge >= 0.3 is 51.4 Å². The minimum absolute atomic E-state index is 0. The number of hydrogen-bond donors (Lipinski definition) is 1. The first-order chi connectivity index (χ1) is 12.2. The monoisotopic (exact) mass is 368 g/mol. The molecule has 26 heavy (non-hydrogen) atoms. The predicted molar refractivity (Wildman–Crippen MR) is 104 cm³/mol. The van der Waals surface area contributed by atoms with Crippen molar-refractivity contribution in [2.45, 2.75) is 19.9 Å². The van der Waals surface area contributed by atoms with Crippen LogP contribution in [0.25, 0.3) is 16.9 Å². The van der Waals surface area contributed by atoms with Crippen molar-refractivity contribution in [3.05, 3.63) is 94.7 Å². The van der Waals surface area contributed by atoms with E-state index in [4.69, 9.17) is 5.73 Å². The molecule has 0 aliphatic heterocycles. The molecule has 0 bridgehead atoms. The van der Waals surface area contributed by atoms with Gasteiger partial charge in [0.05, 0.1) is 0 Å². The van der Waals surface area contributed by atoms with Crippen molar-refractivity contribution in [2.24, 2.45) is 0 Å². The minimum atomic E-state index is 0. The van der Waals surface area contributed by atoms with Crippen LogP contribution in [0.15, 0.2) is 66.7 Å². The number of amides is 1. The van der Waals surface area contributed by atoms with Gasteiger partial charge in [-0.05, 0) is 47.7 Å². The fraction of sp³-hybridized carbons (Fsp3) is 0.136. The van der Waals surface area contributed by atoms with Crippen molar-refractivity contribution >= 4 is 12.1 Å². The van der Waals surface area contributed by atoms with Crippen LogP contribution < -0.4 is 56.7 Å². The van der Waals surface area contributed by atoms with Crippen LogP contribution in [0.4, 0.5) is 5.69 Å². The van der Waals surface area contributed by atoms with Gasteiger partial charge in [0, 0.05) is 5.69 Å².